The highest BCUT2D eigenvalue weighted by Gasteiger charge is 2.38. The first-order chi connectivity index (χ1) is 8.32. The van der Waals surface area contributed by atoms with E-state index < -0.39 is 0 Å². The Morgan fingerprint density at radius 3 is 2.44 bits per heavy atom. The van der Waals surface area contributed by atoms with Crippen molar-refractivity contribution in [3.8, 4) is 0 Å². The highest BCUT2D eigenvalue weighted by molar-refractivity contribution is 5.08. The molecule has 1 aliphatic heterocycles. The summed E-state index contributed by atoms with van der Waals surface area (Å²) >= 11 is 0. The first-order valence-electron chi connectivity index (χ1n) is 6.87. The summed E-state index contributed by atoms with van der Waals surface area (Å²) in [5.74, 6) is 2.15. The number of hydrogen-bond donors (Lipinski definition) is 1. The van der Waals surface area contributed by atoms with E-state index >= 15 is 0 Å². The fourth-order valence-electron chi connectivity index (χ4n) is 2.43. The fourth-order valence-corrected chi connectivity index (χ4v) is 2.43. The van der Waals surface area contributed by atoms with Crippen molar-refractivity contribution in [2.45, 2.75) is 58.3 Å². The Balaban J connectivity index is 2.21. The molecule has 18 heavy (non-hydrogen) atoms. The molecule has 0 bridgehead atoms. The number of nitrogens with one attached hydrogen (secondary N) is 1. The largest absolute Gasteiger partial charge is 0.339 e. The molecule has 1 fully saturated rings. The van der Waals surface area contributed by atoms with Crippen LogP contribution in [0.4, 0.5) is 0 Å². The number of aromatic nitrogens is 2. The van der Waals surface area contributed by atoms with Crippen LogP contribution in [0, 0.1) is 5.92 Å². The molecule has 1 unspecified atom stereocenters. The molecule has 1 atom stereocenters. The second-order valence-electron chi connectivity index (χ2n) is 6.94. The lowest BCUT2D eigenvalue weighted by molar-refractivity contribution is 0.196. The molecule has 0 radical (unpaired) electrons. The monoisotopic (exact) mass is 251 g/mol. The third-order valence-corrected chi connectivity index (χ3v) is 3.97. The van der Waals surface area contributed by atoms with Crippen LogP contribution >= 0.6 is 0 Å². The highest BCUT2D eigenvalue weighted by atomic mass is 16.5. The Bertz CT molecular complexity index is 397. The van der Waals surface area contributed by atoms with Crippen LogP contribution in [-0.4, -0.2) is 23.2 Å². The van der Waals surface area contributed by atoms with Crippen LogP contribution in [0.25, 0.3) is 0 Å². The molecule has 1 aromatic rings. The fraction of sp³-hybridized carbons (Fsp3) is 0.857. The average Bonchev–Trinajstić information content (AvgIpc) is 2.79. The van der Waals surface area contributed by atoms with Crippen LogP contribution in [0.1, 0.15) is 59.2 Å². The van der Waals surface area contributed by atoms with E-state index in [2.05, 4.69) is 50.1 Å². The van der Waals surface area contributed by atoms with Crippen LogP contribution in [0.2, 0.25) is 0 Å². The van der Waals surface area contributed by atoms with Gasteiger partial charge >= 0.3 is 0 Å². The highest BCUT2D eigenvalue weighted by Crippen LogP contribution is 2.35. The maximum atomic E-state index is 5.52. The number of hydrogen-bond acceptors (Lipinski definition) is 4. The lowest BCUT2D eigenvalue weighted by atomic mass is 9.75. The van der Waals surface area contributed by atoms with Gasteiger partial charge in [-0.25, -0.2) is 0 Å². The summed E-state index contributed by atoms with van der Waals surface area (Å²) in [6.07, 6.45) is 2.46. The zero-order valence-electron chi connectivity index (χ0n) is 12.2. The third kappa shape index (κ3) is 2.58. The molecule has 0 amide bonds. The summed E-state index contributed by atoms with van der Waals surface area (Å²) in [5, 5.41) is 7.60. The smallest absolute Gasteiger partial charge is 0.232 e. The zero-order chi connectivity index (χ0) is 13.4. The molecule has 1 aromatic heterocycles. The lowest BCUT2D eigenvalue weighted by Gasteiger charge is -2.34. The SMILES string of the molecule is CC(C)(C)c1noc(C(C)(C)C2CCCNC2)n1. The number of rotatable bonds is 2. The van der Waals surface area contributed by atoms with Crippen LogP contribution < -0.4 is 5.32 Å². The summed E-state index contributed by atoms with van der Waals surface area (Å²) in [6.45, 7) is 12.9. The molecular weight excluding hydrogens is 226 g/mol. The molecular formula is C14H25N3O. The first-order valence-corrected chi connectivity index (χ1v) is 6.87. The summed E-state index contributed by atoms with van der Waals surface area (Å²) < 4.78 is 5.52. The normalized spacial score (nSPS) is 22.2. The minimum absolute atomic E-state index is 0.0517. The molecule has 2 heterocycles. The van der Waals surface area contributed by atoms with Crippen molar-refractivity contribution in [2.75, 3.05) is 13.1 Å². The molecule has 4 nitrogen and oxygen atoms in total. The van der Waals surface area contributed by atoms with Crippen molar-refractivity contribution in [1.82, 2.24) is 15.5 Å². The minimum Gasteiger partial charge on any atom is -0.339 e. The van der Waals surface area contributed by atoms with Gasteiger partial charge in [0.05, 0.1) is 0 Å². The maximum absolute atomic E-state index is 5.52. The molecule has 102 valence electrons. The van der Waals surface area contributed by atoms with Crippen molar-refractivity contribution < 1.29 is 4.52 Å². The predicted octanol–water partition coefficient (Wildman–Crippen LogP) is 2.64. The number of piperidine rings is 1. The van der Waals surface area contributed by atoms with Gasteiger partial charge in [-0.2, -0.15) is 4.98 Å². The Morgan fingerprint density at radius 1 is 1.22 bits per heavy atom. The summed E-state index contributed by atoms with van der Waals surface area (Å²) in [5.41, 5.74) is -0.105. The maximum Gasteiger partial charge on any atom is 0.232 e. The molecule has 1 N–H and O–H groups in total. The van der Waals surface area contributed by atoms with Crippen LogP contribution in [0.5, 0.6) is 0 Å². The Morgan fingerprint density at radius 2 is 1.94 bits per heavy atom. The predicted molar refractivity (Wildman–Crippen MR) is 71.6 cm³/mol. The van der Waals surface area contributed by atoms with Gasteiger partial charge in [-0.1, -0.05) is 39.8 Å². The summed E-state index contributed by atoms with van der Waals surface area (Å²) in [7, 11) is 0. The van der Waals surface area contributed by atoms with Gasteiger partial charge in [0.25, 0.3) is 0 Å². The molecule has 0 aromatic carbocycles. The minimum atomic E-state index is -0.0529. The zero-order valence-corrected chi connectivity index (χ0v) is 12.2. The van der Waals surface area contributed by atoms with E-state index in [-0.39, 0.29) is 10.8 Å². The number of nitrogens with zero attached hydrogens (tertiary/aromatic N) is 2. The Hall–Kier alpha value is -0.900. The molecule has 0 saturated carbocycles. The van der Waals surface area contributed by atoms with E-state index in [9.17, 15) is 0 Å². The van der Waals surface area contributed by atoms with Gasteiger partial charge in [-0.05, 0) is 31.8 Å². The first kappa shape index (κ1) is 13.5. The topological polar surface area (TPSA) is 51.0 Å². The van der Waals surface area contributed by atoms with Crippen LogP contribution in [-0.2, 0) is 10.8 Å². The van der Waals surface area contributed by atoms with Crippen LogP contribution in [0.3, 0.4) is 0 Å². The van der Waals surface area contributed by atoms with E-state index in [0.717, 1.165) is 24.8 Å². The van der Waals surface area contributed by atoms with Crippen molar-refractivity contribution in [2.24, 2.45) is 5.92 Å². The lowest BCUT2D eigenvalue weighted by Crippen LogP contribution is -2.41. The molecule has 0 aliphatic carbocycles. The Labute approximate surface area is 110 Å². The summed E-state index contributed by atoms with van der Waals surface area (Å²) in [4.78, 5) is 4.62. The molecule has 4 heteroatoms. The molecule has 1 saturated heterocycles. The molecule has 1 aliphatic rings. The van der Waals surface area contributed by atoms with E-state index in [1.807, 2.05) is 0 Å². The van der Waals surface area contributed by atoms with Crippen molar-refractivity contribution in [3.05, 3.63) is 11.7 Å². The van der Waals surface area contributed by atoms with Gasteiger partial charge in [0.15, 0.2) is 5.82 Å². The second-order valence-corrected chi connectivity index (χ2v) is 6.94. The van der Waals surface area contributed by atoms with Gasteiger partial charge in [0.1, 0.15) is 0 Å². The average molecular weight is 251 g/mol. The van der Waals surface area contributed by atoms with Crippen LogP contribution in [0.15, 0.2) is 4.52 Å². The van der Waals surface area contributed by atoms with Gasteiger partial charge in [-0.3, -0.25) is 0 Å². The van der Waals surface area contributed by atoms with Crippen molar-refractivity contribution >= 4 is 0 Å². The Kier molecular flexibility index (Phi) is 3.49. The van der Waals surface area contributed by atoms with Gasteiger partial charge in [-0.15, -0.1) is 0 Å². The van der Waals surface area contributed by atoms with E-state index in [1.54, 1.807) is 0 Å². The quantitative estimate of drug-likeness (QED) is 0.878. The van der Waals surface area contributed by atoms with E-state index in [1.165, 1.54) is 12.8 Å². The van der Waals surface area contributed by atoms with Gasteiger partial charge in [0, 0.05) is 10.8 Å². The molecule has 2 rings (SSSR count). The van der Waals surface area contributed by atoms with Crippen molar-refractivity contribution in [1.29, 1.82) is 0 Å². The summed E-state index contributed by atoms with van der Waals surface area (Å²) in [6, 6.07) is 0. The third-order valence-electron chi connectivity index (χ3n) is 3.97. The molecule has 0 spiro atoms. The van der Waals surface area contributed by atoms with E-state index in [4.69, 9.17) is 4.52 Å². The van der Waals surface area contributed by atoms with Gasteiger partial charge in [0.2, 0.25) is 5.89 Å². The van der Waals surface area contributed by atoms with E-state index in [0.29, 0.717) is 5.92 Å². The standard InChI is InChI=1S/C14H25N3O/c1-13(2,3)11-16-12(18-17-11)14(4,5)10-7-6-8-15-9-10/h10,15H,6-9H2,1-5H3. The van der Waals surface area contributed by atoms with Gasteiger partial charge < -0.3 is 9.84 Å². The second kappa shape index (κ2) is 4.65. The van der Waals surface area contributed by atoms with Crippen molar-refractivity contribution in [3.63, 3.8) is 0 Å².